The fourth-order valence-electron chi connectivity index (χ4n) is 3.18. The van der Waals surface area contributed by atoms with E-state index in [1.807, 2.05) is 24.0 Å². The molecule has 1 aromatic carbocycles. The van der Waals surface area contributed by atoms with Crippen molar-refractivity contribution in [3.63, 3.8) is 0 Å². The number of amides is 2. The first kappa shape index (κ1) is 18.2. The monoisotopic (exact) mass is 365 g/mol. The molecule has 2 fully saturated rings. The van der Waals surface area contributed by atoms with Crippen LogP contribution >= 0.6 is 11.6 Å². The highest BCUT2D eigenvalue weighted by Gasteiger charge is 2.30. The van der Waals surface area contributed by atoms with E-state index in [1.165, 1.54) is 0 Å². The van der Waals surface area contributed by atoms with Crippen LogP contribution in [-0.4, -0.2) is 67.0 Å². The van der Waals surface area contributed by atoms with Crippen molar-refractivity contribution in [3.8, 4) is 0 Å². The van der Waals surface area contributed by atoms with E-state index >= 15 is 0 Å². The quantitative estimate of drug-likeness (QED) is 0.885. The van der Waals surface area contributed by atoms with Crippen LogP contribution in [0.2, 0.25) is 5.02 Å². The zero-order valence-electron chi connectivity index (χ0n) is 14.5. The number of nitrogens with one attached hydrogen (secondary N) is 1. The molecule has 1 unspecified atom stereocenters. The van der Waals surface area contributed by atoms with Gasteiger partial charge in [0.05, 0.1) is 6.54 Å². The Labute approximate surface area is 153 Å². The molecule has 2 aliphatic rings. The molecule has 0 aliphatic carbocycles. The summed E-state index contributed by atoms with van der Waals surface area (Å²) in [6.07, 6.45) is 1.52. The third kappa shape index (κ3) is 4.71. The van der Waals surface area contributed by atoms with Crippen molar-refractivity contribution in [2.24, 2.45) is 0 Å². The number of anilines is 1. The number of benzene rings is 1. The van der Waals surface area contributed by atoms with Crippen molar-refractivity contribution in [1.82, 2.24) is 9.80 Å². The molecule has 0 radical (unpaired) electrons. The molecule has 6 nitrogen and oxygen atoms in total. The molecular formula is C18H24ClN3O3. The summed E-state index contributed by atoms with van der Waals surface area (Å²) in [5.74, 6) is 0.0229. The number of piperazine rings is 1. The van der Waals surface area contributed by atoms with Gasteiger partial charge in [0.1, 0.15) is 6.10 Å². The van der Waals surface area contributed by atoms with Crippen LogP contribution in [0.4, 0.5) is 5.69 Å². The fraction of sp³-hybridized carbons (Fsp3) is 0.556. The lowest BCUT2D eigenvalue weighted by atomic mass is 10.2. The lowest BCUT2D eigenvalue weighted by Gasteiger charge is -2.35. The van der Waals surface area contributed by atoms with Crippen molar-refractivity contribution in [2.45, 2.75) is 25.9 Å². The van der Waals surface area contributed by atoms with Crippen molar-refractivity contribution in [3.05, 3.63) is 28.8 Å². The number of hydrogen-bond acceptors (Lipinski definition) is 4. The standard InChI is InChI=1S/C18H24ClN3O3/c1-13-4-5-14(11-15(13)19)20-17(23)12-21-6-8-22(9-7-21)18(24)16-3-2-10-25-16/h4-5,11,16H,2-3,6-10,12H2,1H3,(H,20,23). The number of rotatable bonds is 4. The van der Waals surface area contributed by atoms with E-state index in [4.69, 9.17) is 16.3 Å². The second kappa shape index (κ2) is 8.17. The van der Waals surface area contributed by atoms with Crippen LogP contribution in [0.15, 0.2) is 18.2 Å². The van der Waals surface area contributed by atoms with Gasteiger partial charge in [-0.3, -0.25) is 14.5 Å². The number of aryl methyl sites for hydroxylation is 1. The van der Waals surface area contributed by atoms with Crippen LogP contribution in [0.1, 0.15) is 18.4 Å². The lowest BCUT2D eigenvalue weighted by molar-refractivity contribution is -0.142. The molecule has 1 atom stereocenters. The summed E-state index contributed by atoms with van der Waals surface area (Å²) in [4.78, 5) is 28.4. The van der Waals surface area contributed by atoms with E-state index in [-0.39, 0.29) is 17.9 Å². The first-order chi connectivity index (χ1) is 12.0. The Hall–Kier alpha value is -1.63. The van der Waals surface area contributed by atoms with Gasteiger partial charge < -0.3 is 15.0 Å². The van der Waals surface area contributed by atoms with Gasteiger partial charge in [-0.15, -0.1) is 0 Å². The van der Waals surface area contributed by atoms with E-state index in [2.05, 4.69) is 10.2 Å². The molecule has 0 saturated carbocycles. The van der Waals surface area contributed by atoms with Gasteiger partial charge in [-0.1, -0.05) is 17.7 Å². The molecule has 2 amide bonds. The topological polar surface area (TPSA) is 61.9 Å². The molecule has 0 aromatic heterocycles. The zero-order chi connectivity index (χ0) is 17.8. The molecule has 1 N–H and O–H groups in total. The van der Waals surface area contributed by atoms with E-state index < -0.39 is 0 Å². The van der Waals surface area contributed by atoms with Gasteiger partial charge in [0.15, 0.2) is 0 Å². The minimum absolute atomic E-state index is 0.0705. The summed E-state index contributed by atoms with van der Waals surface area (Å²) in [6.45, 7) is 5.59. The van der Waals surface area contributed by atoms with E-state index in [0.29, 0.717) is 50.0 Å². The maximum absolute atomic E-state index is 12.3. The molecule has 2 saturated heterocycles. The Morgan fingerprint density at radius 3 is 2.68 bits per heavy atom. The van der Waals surface area contributed by atoms with Crippen molar-refractivity contribution >= 4 is 29.1 Å². The third-order valence-corrected chi connectivity index (χ3v) is 5.12. The Morgan fingerprint density at radius 2 is 2.04 bits per heavy atom. The van der Waals surface area contributed by atoms with E-state index in [0.717, 1.165) is 18.4 Å². The van der Waals surface area contributed by atoms with E-state index in [9.17, 15) is 9.59 Å². The minimum Gasteiger partial charge on any atom is -0.368 e. The number of nitrogens with zero attached hydrogens (tertiary/aromatic N) is 2. The average Bonchev–Trinajstić information content (AvgIpc) is 3.13. The minimum atomic E-state index is -0.263. The zero-order valence-corrected chi connectivity index (χ0v) is 15.2. The van der Waals surface area contributed by atoms with Crippen molar-refractivity contribution in [1.29, 1.82) is 0 Å². The van der Waals surface area contributed by atoms with Crippen molar-refractivity contribution in [2.75, 3.05) is 44.6 Å². The molecule has 0 bridgehead atoms. The molecule has 2 heterocycles. The predicted molar refractivity (Wildman–Crippen MR) is 96.8 cm³/mol. The smallest absolute Gasteiger partial charge is 0.251 e. The summed E-state index contributed by atoms with van der Waals surface area (Å²) in [5, 5.41) is 3.51. The average molecular weight is 366 g/mol. The van der Waals surface area contributed by atoms with Crippen LogP contribution < -0.4 is 5.32 Å². The van der Waals surface area contributed by atoms with Crippen LogP contribution in [0, 0.1) is 6.92 Å². The van der Waals surface area contributed by atoms with Gasteiger partial charge in [-0.05, 0) is 37.5 Å². The third-order valence-electron chi connectivity index (χ3n) is 4.71. The number of hydrogen-bond donors (Lipinski definition) is 1. The van der Waals surface area contributed by atoms with Gasteiger partial charge >= 0.3 is 0 Å². The summed E-state index contributed by atoms with van der Waals surface area (Å²) < 4.78 is 5.46. The van der Waals surface area contributed by atoms with Crippen LogP contribution in [0.3, 0.4) is 0 Å². The normalized spacial score (nSPS) is 21.4. The maximum atomic E-state index is 12.3. The van der Waals surface area contributed by atoms with Gasteiger partial charge in [-0.2, -0.15) is 0 Å². The molecule has 7 heteroatoms. The number of carbonyl (C=O) groups is 2. The second-order valence-corrected chi connectivity index (χ2v) is 7.02. The molecule has 3 rings (SSSR count). The molecule has 25 heavy (non-hydrogen) atoms. The molecule has 1 aromatic rings. The predicted octanol–water partition coefficient (Wildman–Crippen LogP) is 1.91. The Kier molecular flexibility index (Phi) is 5.93. The fourth-order valence-corrected chi connectivity index (χ4v) is 3.36. The lowest BCUT2D eigenvalue weighted by Crippen LogP contribution is -2.52. The van der Waals surface area contributed by atoms with E-state index in [1.54, 1.807) is 6.07 Å². The molecule has 136 valence electrons. The van der Waals surface area contributed by atoms with Crippen LogP contribution in [0.5, 0.6) is 0 Å². The first-order valence-corrected chi connectivity index (χ1v) is 9.09. The summed E-state index contributed by atoms with van der Waals surface area (Å²) >= 11 is 6.08. The second-order valence-electron chi connectivity index (χ2n) is 6.62. The maximum Gasteiger partial charge on any atom is 0.251 e. The van der Waals surface area contributed by atoms with Gasteiger partial charge in [0.2, 0.25) is 5.91 Å². The summed E-state index contributed by atoms with van der Waals surface area (Å²) in [5.41, 5.74) is 1.68. The largest absolute Gasteiger partial charge is 0.368 e. The van der Waals surface area contributed by atoms with Crippen molar-refractivity contribution < 1.29 is 14.3 Å². The molecule has 0 spiro atoms. The van der Waals surface area contributed by atoms with Gasteiger partial charge in [-0.25, -0.2) is 0 Å². The summed E-state index contributed by atoms with van der Waals surface area (Å²) in [6, 6.07) is 5.48. The van der Waals surface area contributed by atoms with Crippen LogP contribution in [0.25, 0.3) is 0 Å². The Bertz CT molecular complexity index is 638. The Balaban J connectivity index is 1.44. The molecule has 2 aliphatic heterocycles. The highest BCUT2D eigenvalue weighted by Crippen LogP contribution is 2.20. The highest BCUT2D eigenvalue weighted by atomic mass is 35.5. The van der Waals surface area contributed by atoms with Gasteiger partial charge in [0, 0.05) is 43.5 Å². The number of ether oxygens (including phenoxy) is 1. The van der Waals surface area contributed by atoms with Crippen LogP contribution in [-0.2, 0) is 14.3 Å². The Morgan fingerprint density at radius 1 is 1.28 bits per heavy atom. The molecular weight excluding hydrogens is 342 g/mol. The SMILES string of the molecule is Cc1ccc(NC(=O)CN2CCN(C(=O)C3CCCO3)CC2)cc1Cl. The van der Waals surface area contributed by atoms with Gasteiger partial charge in [0.25, 0.3) is 5.91 Å². The first-order valence-electron chi connectivity index (χ1n) is 8.71. The number of carbonyl (C=O) groups excluding carboxylic acids is 2. The highest BCUT2D eigenvalue weighted by molar-refractivity contribution is 6.31. The summed E-state index contributed by atoms with van der Waals surface area (Å²) in [7, 11) is 0. The number of halogens is 1.